The molecule has 3 rings (SSSR count). The monoisotopic (exact) mass is 264 g/mol. The number of hydrogen-bond donors (Lipinski definition) is 0. The van der Waals surface area contributed by atoms with Crippen LogP contribution < -0.4 is 4.74 Å². The van der Waals surface area contributed by atoms with E-state index in [-0.39, 0.29) is 5.97 Å². The third-order valence-electron chi connectivity index (χ3n) is 3.64. The summed E-state index contributed by atoms with van der Waals surface area (Å²) in [6.07, 6.45) is 1.87. The van der Waals surface area contributed by atoms with Crippen molar-refractivity contribution in [3.63, 3.8) is 0 Å². The number of rotatable bonds is 2. The van der Waals surface area contributed by atoms with Crippen LogP contribution in [0.5, 0.6) is 5.75 Å². The molecule has 20 heavy (non-hydrogen) atoms. The highest BCUT2D eigenvalue weighted by molar-refractivity contribution is 5.89. The maximum atomic E-state index is 11.7. The summed E-state index contributed by atoms with van der Waals surface area (Å²) in [5, 5.41) is 0. The minimum atomic E-state index is -0.364. The molecule has 1 aliphatic rings. The van der Waals surface area contributed by atoms with Gasteiger partial charge in [0.1, 0.15) is 5.75 Å². The Kier molecular flexibility index (Phi) is 3.15. The van der Waals surface area contributed by atoms with Gasteiger partial charge in [0.25, 0.3) is 0 Å². The minimum Gasteiger partial charge on any atom is -0.423 e. The summed E-state index contributed by atoms with van der Waals surface area (Å²) in [6.45, 7) is 5.28. The number of benzene rings is 2. The normalized spacial score (nSPS) is 12.2. The van der Waals surface area contributed by atoms with Crippen molar-refractivity contribution in [2.45, 2.75) is 19.8 Å². The fourth-order valence-electron chi connectivity index (χ4n) is 2.62. The van der Waals surface area contributed by atoms with Gasteiger partial charge >= 0.3 is 5.97 Å². The molecule has 0 heterocycles. The molecule has 0 saturated carbocycles. The van der Waals surface area contributed by atoms with Gasteiger partial charge in [0.15, 0.2) is 0 Å². The van der Waals surface area contributed by atoms with Crippen LogP contribution in [-0.4, -0.2) is 5.97 Å². The van der Waals surface area contributed by atoms with E-state index in [0.717, 1.165) is 18.4 Å². The van der Waals surface area contributed by atoms with E-state index < -0.39 is 0 Å². The third kappa shape index (κ3) is 2.14. The largest absolute Gasteiger partial charge is 0.423 e. The Hall–Kier alpha value is -2.35. The molecule has 0 saturated heterocycles. The van der Waals surface area contributed by atoms with Crippen LogP contribution >= 0.6 is 0 Å². The fraction of sp³-hybridized carbons (Fsp3) is 0.167. The Morgan fingerprint density at radius 1 is 1.05 bits per heavy atom. The summed E-state index contributed by atoms with van der Waals surface area (Å²) in [4.78, 5) is 11.7. The average molecular weight is 264 g/mol. The Morgan fingerprint density at radius 3 is 2.60 bits per heavy atom. The van der Waals surface area contributed by atoms with E-state index in [4.69, 9.17) is 4.74 Å². The van der Waals surface area contributed by atoms with Gasteiger partial charge in [0.05, 0.1) is 0 Å². The van der Waals surface area contributed by atoms with E-state index in [1.165, 1.54) is 16.7 Å². The van der Waals surface area contributed by atoms with Crippen molar-refractivity contribution in [3.8, 4) is 16.9 Å². The highest BCUT2D eigenvalue weighted by atomic mass is 16.5. The fourth-order valence-corrected chi connectivity index (χ4v) is 2.62. The van der Waals surface area contributed by atoms with Crippen molar-refractivity contribution in [1.82, 2.24) is 0 Å². The Balaban J connectivity index is 2.06. The summed E-state index contributed by atoms with van der Waals surface area (Å²) in [5.74, 6) is 0.294. The van der Waals surface area contributed by atoms with Crippen LogP contribution in [0.4, 0.5) is 0 Å². The van der Waals surface area contributed by atoms with Gasteiger partial charge in [0.2, 0.25) is 0 Å². The van der Waals surface area contributed by atoms with Gasteiger partial charge in [-0.25, -0.2) is 4.79 Å². The molecular formula is C18H16O2. The van der Waals surface area contributed by atoms with Crippen molar-refractivity contribution in [2.75, 3.05) is 0 Å². The summed E-state index contributed by atoms with van der Waals surface area (Å²) in [5.41, 5.74) is 5.28. The van der Waals surface area contributed by atoms with Crippen LogP contribution in [0.3, 0.4) is 0 Å². The molecule has 0 unspecified atom stereocenters. The van der Waals surface area contributed by atoms with Crippen LogP contribution in [-0.2, 0) is 17.6 Å². The Morgan fingerprint density at radius 2 is 1.80 bits per heavy atom. The molecule has 0 radical (unpaired) electrons. The number of aryl methyl sites for hydroxylation is 1. The lowest BCUT2D eigenvalue weighted by Gasteiger charge is -2.21. The van der Waals surface area contributed by atoms with Gasteiger partial charge in [-0.1, -0.05) is 43.0 Å². The van der Waals surface area contributed by atoms with E-state index in [1.54, 1.807) is 6.92 Å². The molecule has 0 N–H and O–H groups in total. The van der Waals surface area contributed by atoms with Crippen molar-refractivity contribution in [2.24, 2.45) is 0 Å². The number of carbonyl (C=O) groups excluding carboxylic acids is 1. The van der Waals surface area contributed by atoms with Gasteiger partial charge in [-0.3, -0.25) is 0 Å². The molecule has 0 amide bonds. The quantitative estimate of drug-likeness (QED) is 0.466. The topological polar surface area (TPSA) is 26.3 Å². The first-order valence-electron chi connectivity index (χ1n) is 6.74. The van der Waals surface area contributed by atoms with Gasteiger partial charge in [-0.05, 0) is 42.5 Å². The van der Waals surface area contributed by atoms with Gasteiger partial charge in [-0.2, -0.15) is 0 Å². The molecule has 2 aromatic rings. The zero-order valence-corrected chi connectivity index (χ0v) is 11.5. The molecular weight excluding hydrogens is 248 g/mol. The lowest BCUT2D eigenvalue weighted by molar-refractivity contribution is -0.130. The molecule has 0 aliphatic heterocycles. The van der Waals surface area contributed by atoms with Crippen LogP contribution in [0.25, 0.3) is 11.1 Å². The van der Waals surface area contributed by atoms with Crippen molar-refractivity contribution in [3.05, 3.63) is 65.7 Å². The maximum Gasteiger partial charge on any atom is 0.338 e. The molecule has 0 atom stereocenters. The van der Waals surface area contributed by atoms with E-state index in [2.05, 4.69) is 30.8 Å². The Bertz CT molecular complexity index is 698. The number of hydrogen-bond acceptors (Lipinski definition) is 2. The molecule has 100 valence electrons. The number of carbonyl (C=O) groups is 1. The molecule has 1 aliphatic carbocycles. The highest BCUT2D eigenvalue weighted by Crippen LogP contribution is 2.38. The van der Waals surface area contributed by atoms with Crippen LogP contribution in [0, 0.1) is 0 Å². The number of esters is 1. The second kappa shape index (κ2) is 4.97. The molecule has 2 nitrogen and oxygen atoms in total. The first-order chi connectivity index (χ1) is 9.66. The Labute approximate surface area is 118 Å². The lowest BCUT2D eigenvalue weighted by Crippen LogP contribution is -2.12. The predicted molar refractivity (Wildman–Crippen MR) is 79.7 cm³/mol. The zero-order valence-electron chi connectivity index (χ0n) is 11.5. The predicted octanol–water partition coefficient (Wildman–Crippen LogP) is 3.93. The molecule has 2 heteroatoms. The molecule has 0 fully saturated rings. The second-order valence-corrected chi connectivity index (χ2v) is 5.11. The number of ether oxygens (including phenoxy) is 1. The zero-order chi connectivity index (χ0) is 14.1. The van der Waals surface area contributed by atoms with E-state index in [9.17, 15) is 4.79 Å². The second-order valence-electron chi connectivity index (χ2n) is 5.11. The molecule has 0 aromatic heterocycles. The van der Waals surface area contributed by atoms with Crippen LogP contribution in [0.2, 0.25) is 0 Å². The summed E-state index contributed by atoms with van der Waals surface area (Å²) in [7, 11) is 0. The molecule has 0 bridgehead atoms. The standard InChI is InChI=1S/C18H16O2/c1-12(2)18(19)20-17-9-5-8-15-14-7-4-3-6-13(14)10-11-16(15)17/h3-9H,1,10-11H2,2H3. The van der Waals surface area contributed by atoms with Gasteiger partial charge in [-0.15, -0.1) is 0 Å². The van der Waals surface area contributed by atoms with Crippen molar-refractivity contribution in [1.29, 1.82) is 0 Å². The van der Waals surface area contributed by atoms with Crippen LogP contribution in [0.15, 0.2) is 54.6 Å². The minimum absolute atomic E-state index is 0.364. The summed E-state index contributed by atoms with van der Waals surface area (Å²) in [6, 6.07) is 14.3. The molecule has 0 spiro atoms. The number of fused-ring (bicyclic) bond motifs is 3. The van der Waals surface area contributed by atoms with Crippen molar-refractivity contribution < 1.29 is 9.53 Å². The third-order valence-corrected chi connectivity index (χ3v) is 3.64. The molecule has 2 aromatic carbocycles. The highest BCUT2D eigenvalue weighted by Gasteiger charge is 2.20. The first kappa shape index (κ1) is 12.7. The van der Waals surface area contributed by atoms with E-state index in [0.29, 0.717) is 11.3 Å². The van der Waals surface area contributed by atoms with Gasteiger partial charge in [0, 0.05) is 11.1 Å². The summed E-state index contributed by atoms with van der Waals surface area (Å²) >= 11 is 0. The lowest BCUT2D eigenvalue weighted by atomic mass is 9.85. The SMILES string of the molecule is C=C(C)C(=O)Oc1cccc2c1CCc1ccccc1-2. The summed E-state index contributed by atoms with van der Waals surface area (Å²) < 4.78 is 5.45. The van der Waals surface area contributed by atoms with Gasteiger partial charge < -0.3 is 4.74 Å². The van der Waals surface area contributed by atoms with E-state index in [1.807, 2.05) is 18.2 Å². The van der Waals surface area contributed by atoms with Crippen LogP contribution in [0.1, 0.15) is 18.1 Å². The van der Waals surface area contributed by atoms with Crippen molar-refractivity contribution >= 4 is 5.97 Å². The average Bonchev–Trinajstić information content (AvgIpc) is 2.47. The first-order valence-corrected chi connectivity index (χ1v) is 6.74. The smallest absolute Gasteiger partial charge is 0.338 e. The van der Waals surface area contributed by atoms with E-state index >= 15 is 0 Å². The maximum absolute atomic E-state index is 11.7.